The Morgan fingerprint density at radius 3 is 2.67 bits per heavy atom. The molecule has 1 aromatic carbocycles. The van der Waals surface area contributed by atoms with Crippen molar-refractivity contribution in [3.8, 4) is 0 Å². The van der Waals surface area contributed by atoms with E-state index in [9.17, 15) is 4.79 Å². The molecule has 98 valence electrons. The molecule has 0 aliphatic heterocycles. The molecule has 1 aromatic rings. The largest absolute Gasteiger partial charge is 0.361 e. The predicted octanol–water partition coefficient (Wildman–Crippen LogP) is 2.07. The zero-order valence-corrected chi connectivity index (χ0v) is 11.9. The number of thiocarbonyl (C=S) groups is 1. The molecule has 0 aliphatic carbocycles. The van der Waals surface area contributed by atoms with Crippen molar-refractivity contribution in [1.29, 1.82) is 0 Å². The van der Waals surface area contributed by atoms with Gasteiger partial charge in [-0.3, -0.25) is 4.79 Å². The summed E-state index contributed by atoms with van der Waals surface area (Å²) in [6.45, 7) is 4.51. The zero-order chi connectivity index (χ0) is 13.5. The number of carbonyl (C=O) groups is 1. The van der Waals surface area contributed by atoms with Crippen LogP contribution in [0, 0.1) is 6.92 Å². The minimum atomic E-state index is -0.0543. The van der Waals surface area contributed by atoms with Gasteiger partial charge in [-0.25, -0.2) is 0 Å². The first-order valence-electron chi connectivity index (χ1n) is 5.55. The molecule has 0 aromatic heterocycles. The van der Waals surface area contributed by atoms with Crippen molar-refractivity contribution in [2.45, 2.75) is 13.8 Å². The Morgan fingerprint density at radius 2 is 2.00 bits per heavy atom. The Kier molecular flexibility index (Phi) is 5.88. The van der Waals surface area contributed by atoms with Crippen molar-refractivity contribution in [3.05, 3.63) is 28.8 Å². The van der Waals surface area contributed by atoms with Crippen molar-refractivity contribution in [2.75, 3.05) is 18.4 Å². The lowest BCUT2D eigenvalue weighted by atomic mass is 10.2. The average Bonchev–Trinajstić information content (AvgIpc) is 2.30. The standard InChI is InChI=1S/C12H16ClN3OS/c1-8-10(13)4-3-5-11(8)16-12(18)15-7-6-14-9(2)17/h3-5H,6-7H2,1-2H3,(H,14,17)(H2,15,16,18). The molecule has 18 heavy (non-hydrogen) atoms. The minimum Gasteiger partial charge on any atom is -0.361 e. The van der Waals surface area contributed by atoms with Gasteiger partial charge in [-0.1, -0.05) is 17.7 Å². The first-order valence-corrected chi connectivity index (χ1v) is 6.33. The van der Waals surface area contributed by atoms with Crippen LogP contribution in [0.2, 0.25) is 5.02 Å². The van der Waals surface area contributed by atoms with Crippen LogP contribution in [0.4, 0.5) is 5.69 Å². The lowest BCUT2D eigenvalue weighted by Gasteiger charge is -2.13. The monoisotopic (exact) mass is 285 g/mol. The molecular weight excluding hydrogens is 270 g/mol. The Labute approximate surface area is 117 Å². The number of anilines is 1. The van der Waals surface area contributed by atoms with Gasteiger partial charge < -0.3 is 16.0 Å². The molecular formula is C12H16ClN3OS. The van der Waals surface area contributed by atoms with Crippen molar-refractivity contribution in [3.63, 3.8) is 0 Å². The summed E-state index contributed by atoms with van der Waals surface area (Å²) < 4.78 is 0. The van der Waals surface area contributed by atoms with Gasteiger partial charge in [-0.2, -0.15) is 0 Å². The fourth-order valence-electron chi connectivity index (χ4n) is 1.32. The van der Waals surface area contributed by atoms with Gasteiger partial charge in [0.15, 0.2) is 5.11 Å². The van der Waals surface area contributed by atoms with Gasteiger partial charge in [-0.05, 0) is 36.8 Å². The number of hydrogen-bond donors (Lipinski definition) is 3. The fourth-order valence-corrected chi connectivity index (χ4v) is 1.71. The smallest absolute Gasteiger partial charge is 0.216 e. The van der Waals surface area contributed by atoms with E-state index < -0.39 is 0 Å². The van der Waals surface area contributed by atoms with Crippen molar-refractivity contribution >= 4 is 40.5 Å². The van der Waals surface area contributed by atoms with Gasteiger partial charge in [0.1, 0.15) is 0 Å². The van der Waals surface area contributed by atoms with Gasteiger partial charge in [0, 0.05) is 30.7 Å². The lowest BCUT2D eigenvalue weighted by Crippen LogP contribution is -2.36. The van der Waals surface area contributed by atoms with Crippen LogP contribution in [-0.2, 0) is 4.79 Å². The van der Waals surface area contributed by atoms with Gasteiger partial charge >= 0.3 is 0 Å². The summed E-state index contributed by atoms with van der Waals surface area (Å²) in [6, 6.07) is 5.59. The number of nitrogens with one attached hydrogen (secondary N) is 3. The highest BCUT2D eigenvalue weighted by atomic mass is 35.5. The first kappa shape index (κ1) is 14.7. The molecule has 0 radical (unpaired) electrons. The molecule has 1 amide bonds. The number of hydrogen-bond acceptors (Lipinski definition) is 2. The van der Waals surface area contributed by atoms with E-state index in [-0.39, 0.29) is 5.91 Å². The SMILES string of the molecule is CC(=O)NCCNC(=S)Nc1cccc(Cl)c1C. The van der Waals surface area contributed by atoms with Gasteiger partial charge in [-0.15, -0.1) is 0 Å². The molecule has 0 bridgehead atoms. The summed E-state index contributed by atoms with van der Waals surface area (Å²) in [5.74, 6) is -0.0543. The molecule has 0 spiro atoms. The van der Waals surface area contributed by atoms with Crippen LogP contribution in [0.25, 0.3) is 0 Å². The summed E-state index contributed by atoms with van der Waals surface area (Å²) in [5.41, 5.74) is 1.82. The van der Waals surface area contributed by atoms with Crippen LogP contribution >= 0.6 is 23.8 Å². The van der Waals surface area contributed by atoms with E-state index >= 15 is 0 Å². The van der Waals surface area contributed by atoms with E-state index in [4.69, 9.17) is 23.8 Å². The van der Waals surface area contributed by atoms with Crippen LogP contribution in [0.1, 0.15) is 12.5 Å². The quantitative estimate of drug-likeness (QED) is 0.586. The summed E-state index contributed by atoms with van der Waals surface area (Å²) in [6.07, 6.45) is 0. The second-order valence-electron chi connectivity index (χ2n) is 3.78. The van der Waals surface area contributed by atoms with Crippen LogP contribution in [0.5, 0.6) is 0 Å². The van der Waals surface area contributed by atoms with E-state index in [2.05, 4.69) is 16.0 Å². The van der Waals surface area contributed by atoms with E-state index in [0.29, 0.717) is 23.2 Å². The molecule has 4 nitrogen and oxygen atoms in total. The van der Waals surface area contributed by atoms with Crippen molar-refractivity contribution in [1.82, 2.24) is 10.6 Å². The Morgan fingerprint density at radius 1 is 1.33 bits per heavy atom. The minimum absolute atomic E-state index is 0.0543. The molecule has 0 aliphatic rings. The first-order chi connectivity index (χ1) is 8.50. The average molecular weight is 286 g/mol. The topological polar surface area (TPSA) is 53.2 Å². The zero-order valence-electron chi connectivity index (χ0n) is 10.3. The van der Waals surface area contributed by atoms with E-state index in [0.717, 1.165) is 11.3 Å². The second-order valence-corrected chi connectivity index (χ2v) is 4.59. The van der Waals surface area contributed by atoms with E-state index in [1.165, 1.54) is 6.92 Å². The highest BCUT2D eigenvalue weighted by molar-refractivity contribution is 7.80. The van der Waals surface area contributed by atoms with Crippen molar-refractivity contribution < 1.29 is 4.79 Å². The van der Waals surface area contributed by atoms with Crippen LogP contribution < -0.4 is 16.0 Å². The third-order valence-electron chi connectivity index (χ3n) is 2.30. The van der Waals surface area contributed by atoms with Crippen LogP contribution in [0.15, 0.2) is 18.2 Å². The Hall–Kier alpha value is -1.33. The van der Waals surface area contributed by atoms with Crippen LogP contribution in [0.3, 0.4) is 0 Å². The summed E-state index contributed by atoms with van der Waals surface area (Å²) in [7, 11) is 0. The van der Waals surface area contributed by atoms with Gasteiger partial charge in [0.25, 0.3) is 0 Å². The van der Waals surface area contributed by atoms with Gasteiger partial charge in [0.2, 0.25) is 5.91 Å². The van der Waals surface area contributed by atoms with Crippen LogP contribution in [-0.4, -0.2) is 24.1 Å². The molecule has 0 fully saturated rings. The van der Waals surface area contributed by atoms with Crippen molar-refractivity contribution in [2.24, 2.45) is 0 Å². The number of carbonyl (C=O) groups excluding carboxylic acids is 1. The maximum absolute atomic E-state index is 10.7. The molecule has 0 unspecified atom stereocenters. The maximum Gasteiger partial charge on any atom is 0.216 e. The lowest BCUT2D eigenvalue weighted by molar-refractivity contribution is -0.118. The fraction of sp³-hybridized carbons (Fsp3) is 0.333. The summed E-state index contributed by atoms with van der Waals surface area (Å²) in [4.78, 5) is 10.7. The Bertz CT molecular complexity index is 451. The third-order valence-corrected chi connectivity index (χ3v) is 2.96. The molecule has 0 atom stereocenters. The second kappa shape index (κ2) is 7.18. The Balaban J connectivity index is 2.40. The molecule has 3 N–H and O–H groups in total. The predicted molar refractivity (Wildman–Crippen MR) is 79.1 cm³/mol. The molecule has 6 heteroatoms. The number of amides is 1. The molecule has 1 rings (SSSR count). The van der Waals surface area contributed by atoms with E-state index in [1.54, 1.807) is 0 Å². The number of halogens is 1. The summed E-state index contributed by atoms with van der Waals surface area (Å²) in [5, 5.41) is 9.93. The number of benzene rings is 1. The maximum atomic E-state index is 10.7. The summed E-state index contributed by atoms with van der Waals surface area (Å²) >= 11 is 11.1. The van der Waals surface area contributed by atoms with E-state index in [1.807, 2.05) is 25.1 Å². The molecule has 0 saturated carbocycles. The number of rotatable bonds is 4. The molecule has 0 heterocycles. The normalized spacial score (nSPS) is 9.72. The third kappa shape index (κ3) is 4.89. The van der Waals surface area contributed by atoms with Gasteiger partial charge in [0.05, 0.1) is 0 Å². The molecule has 0 saturated heterocycles. The highest BCUT2D eigenvalue weighted by Gasteiger charge is 2.03. The highest BCUT2D eigenvalue weighted by Crippen LogP contribution is 2.22.